The normalized spacial score (nSPS) is 16.8. The predicted molar refractivity (Wildman–Crippen MR) is 95.4 cm³/mol. The molecule has 1 amide bonds. The van der Waals surface area contributed by atoms with Gasteiger partial charge in [-0.15, -0.1) is 0 Å². The summed E-state index contributed by atoms with van der Waals surface area (Å²) in [6, 6.07) is 15.6. The van der Waals surface area contributed by atoms with Crippen molar-refractivity contribution >= 4 is 5.91 Å². The lowest BCUT2D eigenvalue weighted by Crippen LogP contribution is -2.43. The van der Waals surface area contributed by atoms with Crippen molar-refractivity contribution in [2.45, 2.75) is 38.4 Å². The summed E-state index contributed by atoms with van der Waals surface area (Å²) in [6.07, 6.45) is 3.12. The first-order valence-electron chi connectivity index (χ1n) is 9.03. The second-order valence-corrected chi connectivity index (χ2v) is 7.06. The molecule has 1 heterocycles. The van der Waals surface area contributed by atoms with Crippen LogP contribution >= 0.6 is 0 Å². The summed E-state index contributed by atoms with van der Waals surface area (Å²) in [5, 5.41) is 0. The van der Waals surface area contributed by atoms with Gasteiger partial charge in [0.05, 0.1) is 6.54 Å². The van der Waals surface area contributed by atoms with Crippen LogP contribution in [0.2, 0.25) is 0 Å². The number of nitrogens with zero attached hydrogens (tertiary/aromatic N) is 2. The lowest BCUT2D eigenvalue weighted by molar-refractivity contribution is -0.133. The third-order valence-electron chi connectivity index (χ3n) is 5.22. The Balaban J connectivity index is 1.43. The third-order valence-corrected chi connectivity index (χ3v) is 5.22. The van der Waals surface area contributed by atoms with Gasteiger partial charge in [0.15, 0.2) is 0 Å². The van der Waals surface area contributed by atoms with E-state index in [0.29, 0.717) is 31.2 Å². The summed E-state index contributed by atoms with van der Waals surface area (Å²) in [4.78, 5) is 16.9. The molecule has 1 fully saturated rings. The van der Waals surface area contributed by atoms with Gasteiger partial charge in [0, 0.05) is 31.2 Å². The minimum atomic E-state index is -0.188. The van der Waals surface area contributed by atoms with Crippen molar-refractivity contribution in [3.63, 3.8) is 0 Å². The molecule has 4 heteroatoms. The molecule has 1 saturated carbocycles. The molecule has 4 rings (SSSR count). The molecule has 0 N–H and O–H groups in total. The maximum absolute atomic E-state index is 14.0. The molecule has 0 unspecified atom stereocenters. The van der Waals surface area contributed by atoms with Crippen molar-refractivity contribution in [3.8, 4) is 0 Å². The first-order valence-corrected chi connectivity index (χ1v) is 9.03. The first kappa shape index (κ1) is 16.3. The predicted octanol–water partition coefficient (Wildman–Crippen LogP) is 3.38. The summed E-state index contributed by atoms with van der Waals surface area (Å²) in [7, 11) is 0. The molecule has 130 valence electrons. The fourth-order valence-electron chi connectivity index (χ4n) is 3.58. The average molecular weight is 338 g/mol. The van der Waals surface area contributed by atoms with Crippen LogP contribution in [0.25, 0.3) is 0 Å². The third kappa shape index (κ3) is 3.74. The molecule has 25 heavy (non-hydrogen) atoms. The Morgan fingerprint density at radius 3 is 2.56 bits per heavy atom. The van der Waals surface area contributed by atoms with E-state index in [0.717, 1.165) is 25.8 Å². The molecule has 2 aromatic carbocycles. The molecule has 2 aromatic rings. The summed E-state index contributed by atoms with van der Waals surface area (Å²) < 4.78 is 14.0. The number of hydrogen-bond donors (Lipinski definition) is 0. The van der Waals surface area contributed by atoms with E-state index in [1.54, 1.807) is 6.07 Å². The van der Waals surface area contributed by atoms with Crippen LogP contribution in [-0.4, -0.2) is 34.8 Å². The average Bonchev–Trinajstić information content (AvgIpc) is 3.47. The molecule has 0 aromatic heterocycles. The number of benzene rings is 2. The van der Waals surface area contributed by atoms with Crippen LogP contribution in [0.4, 0.5) is 4.39 Å². The highest BCUT2D eigenvalue weighted by molar-refractivity contribution is 5.78. The number of carbonyl (C=O) groups is 1. The molecule has 1 aliphatic heterocycles. The zero-order valence-electron chi connectivity index (χ0n) is 14.3. The van der Waals surface area contributed by atoms with E-state index in [2.05, 4.69) is 23.1 Å². The van der Waals surface area contributed by atoms with E-state index in [9.17, 15) is 9.18 Å². The monoisotopic (exact) mass is 338 g/mol. The maximum Gasteiger partial charge on any atom is 0.237 e. The lowest BCUT2D eigenvalue weighted by atomic mass is 10.00. The largest absolute Gasteiger partial charge is 0.337 e. The van der Waals surface area contributed by atoms with Crippen molar-refractivity contribution < 1.29 is 9.18 Å². The lowest BCUT2D eigenvalue weighted by Gasteiger charge is -2.31. The summed E-state index contributed by atoms with van der Waals surface area (Å²) in [5.74, 6) is -0.0368. The summed E-state index contributed by atoms with van der Waals surface area (Å²) >= 11 is 0. The van der Waals surface area contributed by atoms with Crippen LogP contribution in [0.15, 0.2) is 48.5 Å². The molecular formula is C21H23FN2O. The summed E-state index contributed by atoms with van der Waals surface area (Å²) in [5.41, 5.74) is 3.26. The van der Waals surface area contributed by atoms with Crippen molar-refractivity contribution in [1.29, 1.82) is 0 Å². The molecule has 0 spiro atoms. The standard InChI is InChI=1S/C21H23FN2O/c22-20-8-4-3-7-18(20)14-24(19-9-10-19)15-21(25)23-12-11-16-5-1-2-6-17(16)13-23/h1-8,19H,9-15H2. The van der Waals surface area contributed by atoms with Crippen LogP contribution < -0.4 is 0 Å². The van der Waals surface area contributed by atoms with Crippen molar-refractivity contribution in [1.82, 2.24) is 9.80 Å². The van der Waals surface area contributed by atoms with E-state index in [1.807, 2.05) is 23.1 Å². The van der Waals surface area contributed by atoms with Crippen molar-refractivity contribution in [3.05, 3.63) is 71.0 Å². The Kier molecular flexibility index (Phi) is 4.53. The van der Waals surface area contributed by atoms with E-state index < -0.39 is 0 Å². The molecular weight excluding hydrogens is 315 g/mol. The topological polar surface area (TPSA) is 23.6 Å². The van der Waals surface area contributed by atoms with Gasteiger partial charge in [-0.2, -0.15) is 0 Å². The van der Waals surface area contributed by atoms with Gasteiger partial charge < -0.3 is 4.90 Å². The van der Waals surface area contributed by atoms with E-state index in [4.69, 9.17) is 0 Å². The SMILES string of the molecule is O=C(CN(Cc1ccccc1F)C1CC1)N1CCc2ccccc2C1. The first-order chi connectivity index (χ1) is 12.2. The van der Waals surface area contributed by atoms with Gasteiger partial charge >= 0.3 is 0 Å². The van der Waals surface area contributed by atoms with Crippen LogP contribution in [0, 0.1) is 5.82 Å². The van der Waals surface area contributed by atoms with Gasteiger partial charge in [0.2, 0.25) is 5.91 Å². The number of amides is 1. The number of carbonyl (C=O) groups excluding carboxylic acids is 1. The Hall–Kier alpha value is -2.20. The van der Waals surface area contributed by atoms with E-state index >= 15 is 0 Å². The highest BCUT2D eigenvalue weighted by Gasteiger charge is 2.32. The zero-order chi connectivity index (χ0) is 17.2. The maximum atomic E-state index is 14.0. The minimum absolute atomic E-state index is 0.151. The molecule has 0 atom stereocenters. The second-order valence-electron chi connectivity index (χ2n) is 7.06. The number of rotatable bonds is 5. The van der Waals surface area contributed by atoms with Gasteiger partial charge in [-0.3, -0.25) is 9.69 Å². The highest BCUT2D eigenvalue weighted by Crippen LogP contribution is 2.29. The van der Waals surface area contributed by atoms with Gasteiger partial charge in [0.1, 0.15) is 5.82 Å². The van der Waals surface area contributed by atoms with Gasteiger partial charge in [-0.25, -0.2) is 4.39 Å². The van der Waals surface area contributed by atoms with Crippen molar-refractivity contribution in [2.75, 3.05) is 13.1 Å². The molecule has 3 nitrogen and oxygen atoms in total. The van der Waals surface area contributed by atoms with E-state index in [-0.39, 0.29) is 11.7 Å². The second kappa shape index (κ2) is 6.96. The molecule has 0 bridgehead atoms. The number of hydrogen-bond acceptors (Lipinski definition) is 2. The quantitative estimate of drug-likeness (QED) is 0.834. The smallest absolute Gasteiger partial charge is 0.237 e. The van der Waals surface area contributed by atoms with Crippen LogP contribution in [0.3, 0.4) is 0 Å². The Morgan fingerprint density at radius 1 is 1.08 bits per heavy atom. The van der Waals surface area contributed by atoms with E-state index in [1.165, 1.54) is 17.2 Å². The Labute approximate surface area is 148 Å². The number of fused-ring (bicyclic) bond motifs is 1. The molecule has 0 saturated heterocycles. The minimum Gasteiger partial charge on any atom is -0.337 e. The van der Waals surface area contributed by atoms with Crippen molar-refractivity contribution in [2.24, 2.45) is 0 Å². The van der Waals surface area contributed by atoms with Crippen LogP contribution in [-0.2, 0) is 24.3 Å². The fraction of sp³-hybridized carbons (Fsp3) is 0.381. The zero-order valence-corrected chi connectivity index (χ0v) is 14.3. The Bertz CT molecular complexity index is 772. The summed E-state index contributed by atoms with van der Waals surface area (Å²) in [6.45, 7) is 2.34. The molecule has 1 aliphatic carbocycles. The molecule has 0 radical (unpaired) electrons. The highest BCUT2D eigenvalue weighted by atomic mass is 19.1. The Morgan fingerprint density at radius 2 is 1.80 bits per heavy atom. The van der Waals surface area contributed by atoms with Gasteiger partial charge in [-0.05, 0) is 36.5 Å². The van der Waals surface area contributed by atoms with Gasteiger partial charge in [-0.1, -0.05) is 42.5 Å². The van der Waals surface area contributed by atoms with Crippen LogP contribution in [0.5, 0.6) is 0 Å². The van der Waals surface area contributed by atoms with Gasteiger partial charge in [0.25, 0.3) is 0 Å². The number of halogens is 1. The molecule has 2 aliphatic rings. The van der Waals surface area contributed by atoms with Crippen LogP contribution in [0.1, 0.15) is 29.5 Å². The fourth-order valence-corrected chi connectivity index (χ4v) is 3.58.